The Bertz CT molecular complexity index is 325. The Morgan fingerprint density at radius 2 is 2.00 bits per heavy atom. The average Bonchev–Trinajstić information content (AvgIpc) is 2.26. The van der Waals surface area contributed by atoms with Gasteiger partial charge >= 0.3 is 5.97 Å². The molecule has 0 fully saturated rings. The van der Waals surface area contributed by atoms with Crippen LogP contribution in [0.4, 0.5) is 0 Å². The van der Waals surface area contributed by atoms with Gasteiger partial charge in [-0.05, 0) is 38.5 Å². The summed E-state index contributed by atoms with van der Waals surface area (Å²) in [5.41, 5.74) is 1.10. The van der Waals surface area contributed by atoms with Gasteiger partial charge < -0.3 is 10.1 Å². The van der Waals surface area contributed by atoms with Gasteiger partial charge in [0, 0.05) is 18.4 Å². The molecule has 1 aromatic heterocycles. The van der Waals surface area contributed by atoms with Crippen LogP contribution in [0.25, 0.3) is 0 Å². The highest BCUT2D eigenvalue weighted by Gasteiger charge is 2.09. The molecule has 0 spiro atoms. The van der Waals surface area contributed by atoms with Gasteiger partial charge in [0.05, 0.1) is 12.6 Å². The second kappa shape index (κ2) is 6.23. The van der Waals surface area contributed by atoms with Crippen molar-refractivity contribution < 1.29 is 9.53 Å². The topological polar surface area (TPSA) is 51.2 Å². The molecular weight excluding hydrogens is 204 g/mol. The number of hydrogen-bond donors (Lipinski definition) is 1. The smallest absolute Gasteiger partial charge is 0.320 e. The molecule has 0 amide bonds. The highest BCUT2D eigenvalue weighted by molar-refractivity contribution is 5.71. The minimum absolute atomic E-state index is 0.0643. The molecule has 0 saturated carbocycles. The zero-order valence-electron chi connectivity index (χ0n) is 9.93. The number of aromatic nitrogens is 1. The highest BCUT2D eigenvalue weighted by Crippen LogP contribution is 2.09. The number of esters is 1. The molecule has 0 unspecified atom stereocenters. The van der Waals surface area contributed by atoms with Crippen molar-refractivity contribution in [1.82, 2.24) is 10.3 Å². The Kier molecular flexibility index (Phi) is 4.92. The molecule has 0 aromatic carbocycles. The SMILES string of the molecule is CC(C)OC(=O)CN[C@H](C)c1ccncc1. The van der Waals surface area contributed by atoms with Crippen molar-refractivity contribution >= 4 is 5.97 Å². The first kappa shape index (κ1) is 12.6. The molecule has 1 heterocycles. The van der Waals surface area contributed by atoms with E-state index in [2.05, 4.69) is 10.3 Å². The standard InChI is InChI=1S/C12H18N2O2/c1-9(2)16-12(15)8-14-10(3)11-4-6-13-7-5-11/h4-7,9-10,14H,8H2,1-3H3/t10-/m1/s1. The molecule has 1 aromatic rings. The highest BCUT2D eigenvalue weighted by atomic mass is 16.5. The summed E-state index contributed by atoms with van der Waals surface area (Å²) in [6.45, 7) is 5.90. The van der Waals surface area contributed by atoms with Crippen molar-refractivity contribution in [2.24, 2.45) is 0 Å². The van der Waals surface area contributed by atoms with Crippen molar-refractivity contribution in [3.63, 3.8) is 0 Å². The van der Waals surface area contributed by atoms with Crippen molar-refractivity contribution in [3.8, 4) is 0 Å². The fourth-order valence-electron chi connectivity index (χ4n) is 1.31. The van der Waals surface area contributed by atoms with E-state index in [0.29, 0.717) is 0 Å². The summed E-state index contributed by atoms with van der Waals surface area (Å²) in [5, 5.41) is 3.10. The number of hydrogen-bond acceptors (Lipinski definition) is 4. The third-order valence-electron chi connectivity index (χ3n) is 2.13. The fourth-order valence-corrected chi connectivity index (χ4v) is 1.31. The van der Waals surface area contributed by atoms with Gasteiger partial charge in [-0.15, -0.1) is 0 Å². The van der Waals surface area contributed by atoms with Gasteiger partial charge in [-0.25, -0.2) is 0 Å². The van der Waals surface area contributed by atoms with Crippen LogP contribution in [-0.4, -0.2) is 23.6 Å². The van der Waals surface area contributed by atoms with E-state index < -0.39 is 0 Å². The predicted octanol–water partition coefficient (Wildman–Crippen LogP) is 1.68. The molecule has 1 N–H and O–H groups in total. The van der Waals surface area contributed by atoms with Gasteiger partial charge in [0.25, 0.3) is 0 Å². The Morgan fingerprint density at radius 3 is 2.56 bits per heavy atom. The predicted molar refractivity (Wildman–Crippen MR) is 61.9 cm³/mol. The lowest BCUT2D eigenvalue weighted by molar-refractivity contribution is -0.146. The average molecular weight is 222 g/mol. The van der Waals surface area contributed by atoms with Gasteiger partial charge in [-0.3, -0.25) is 9.78 Å². The summed E-state index contributed by atoms with van der Waals surface area (Å²) in [6, 6.07) is 3.96. The summed E-state index contributed by atoms with van der Waals surface area (Å²) >= 11 is 0. The molecular formula is C12H18N2O2. The molecule has 0 saturated heterocycles. The maximum atomic E-state index is 11.3. The minimum atomic E-state index is -0.226. The molecule has 0 aliphatic heterocycles. The minimum Gasteiger partial charge on any atom is -0.462 e. The van der Waals surface area contributed by atoms with Crippen LogP contribution >= 0.6 is 0 Å². The van der Waals surface area contributed by atoms with E-state index in [9.17, 15) is 4.79 Å². The Morgan fingerprint density at radius 1 is 1.38 bits per heavy atom. The number of carbonyl (C=O) groups is 1. The van der Waals surface area contributed by atoms with Crippen LogP contribution in [-0.2, 0) is 9.53 Å². The van der Waals surface area contributed by atoms with Gasteiger partial charge in [0.2, 0.25) is 0 Å². The molecule has 88 valence electrons. The van der Waals surface area contributed by atoms with Crippen LogP contribution in [0.1, 0.15) is 32.4 Å². The molecule has 4 nitrogen and oxygen atoms in total. The van der Waals surface area contributed by atoms with Gasteiger partial charge in [0.15, 0.2) is 0 Å². The van der Waals surface area contributed by atoms with Crippen LogP contribution in [0.2, 0.25) is 0 Å². The molecule has 1 atom stereocenters. The molecule has 4 heteroatoms. The number of ether oxygens (including phenoxy) is 1. The number of rotatable bonds is 5. The van der Waals surface area contributed by atoms with E-state index in [4.69, 9.17) is 4.74 Å². The lowest BCUT2D eigenvalue weighted by atomic mass is 10.1. The van der Waals surface area contributed by atoms with Gasteiger partial charge in [-0.1, -0.05) is 0 Å². The first-order chi connectivity index (χ1) is 7.59. The van der Waals surface area contributed by atoms with Crippen molar-refractivity contribution in [2.75, 3.05) is 6.54 Å². The maximum Gasteiger partial charge on any atom is 0.320 e. The van der Waals surface area contributed by atoms with Gasteiger partial charge in [-0.2, -0.15) is 0 Å². The summed E-state index contributed by atoms with van der Waals surface area (Å²) in [4.78, 5) is 15.2. The van der Waals surface area contributed by atoms with Crippen LogP contribution in [0, 0.1) is 0 Å². The van der Waals surface area contributed by atoms with Crippen LogP contribution in [0.15, 0.2) is 24.5 Å². The Labute approximate surface area is 96.0 Å². The third-order valence-corrected chi connectivity index (χ3v) is 2.13. The Hall–Kier alpha value is -1.42. The fraction of sp³-hybridized carbons (Fsp3) is 0.500. The van der Waals surface area contributed by atoms with E-state index in [1.165, 1.54) is 0 Å². The third kappa shape index (κ3) is 4.40. The summed E-state index contributed by atoms with van der Waals surface area (Å²) in [5.74, 6) is -0.226. The lowest BCUT2D eigenvalue weighted by Crippen LogP contribution is -2.28. The van der Waals surface area contributed by atoms with Crippen LogP contribution in [0.5, 0.6) is 0 Å². The molecule has 0 bridgehead atoms. The summed E-state index contributed by atoms with van der Waals surface area (Å²) in [7, 11) is 0. The second-order valence-electron chi connectivity index (χ2n) is 3.92. The number of pyridine rings is 1. The zero-order chi connectivity index (χ0) is 12.0. The Balaban J connectivity index is 2.36. The lowest BCUT2D eigenvalue weighted by Gasteiger charge is -2.14. The van der Waals surface area contributed by atoms with Crippen LogP contribution < -0.4 is 5.32 Å². The molecule has 0 aliphatic rings. The molecule has 16 heavy (non-hydrogen) atoms. The molecule has 0 aliphatic carbocycles. The largest absolute Gasteiger partial charge is 0.462 e. The first-order valence-electron chi connectivity index (χ1n) is 5.42. The van der Waals surface area contributed by atoms with Gasteiger partial charge in [0.1, 0.15) is 0 Å². The monoisotopic (exact) mass is 222 g/mol. The van der Waals surface area contributed by atoms with E-state index in [1.54, 1.807) is 12.4 Å². The molecule has 0 radical (unpaired) electrons. The van der Waals surface area contributed by atoms with E-state index >= 15 is 0 Å². The quantitative estimate of drug-likeness (QED) is 0.770. The van der Waals surface area contributed by atoms with Crippen molar-refractivity contribution in [2.45, 2.75) is 32.9 Å². The van der Waals surface area contributed by atoms with E-state index in [0.717, 1.165) is 5.56 Å². The number of carbonyl (C=O) groups excluding carboxylic acids is 1. The number of nitrogens with zero attached hydrogens (tertiary/aromatic N) is 1. The zero-order valence-corrected chi connectivity index (χ0v) is 9.93. The second-order valence-corrected chi connectivity index (χ2v) is 3.92. The summed E-state index contributed by atoms with van der Waals surface area (Å²) < 4.78 is 5.02. The van der Waals surface area contributed by atoms with E-state index in [-0.39, 0.29) is 24.7 Å². The first-order valence-corrected chi connectivity index (χ1v) is 5.42. The number of nitrogens with one attached hydrogen (secondary N) is 1. The summed E-state index contributed by atoms with van der Waals surface area (Å²) in [6.07, 6.45) is 3.41. The van der Waals surface area contributed by atoms with Crippen molar-refractivity contribution in [1.29, 1.82) is 0 Å². The maximum absolute atomic E-state index is 11.3. The van der Waals surface area contributed by atoms with Crippen LogP contribution in [0.3, 0.4) is 0 Å². The normalized spacial score (nSPS) is 12.5. The molecule has 1 rings (SSSR count). The van der Waals surface area contributed by atoms with E-state index in [1.807, 2.05) is 32.9 Å². The van der Waals surface area contributed by atoms with Crippen molar-refractivity contribution in [3.05, 3.63) is 30.1 Å².